The highest BCUT2D eigenvalue weighted by atomic mass is 35.5. The monoisotopic (exact) mass is 421 g/mol. The molecule has 2 heterocycles. The first-order chi connectivity index (χ1) is 13.6. The molecule has 0 bridgehead atoms. The Morgan fingerprint density at radius 1 is 1.21 bits per heavy atom. The maximum absolute atomic E-state index is 13.0. The molecule has 1 aliphatic rings. The first-order valence-corrected chi connectivity index (χ1v) is 11.0. The second kappa shape index (κ2) is 9.89. The van der Waals surface area contributed by atoms with Gasteiger partial charge < -0.3 is 19.5 Å². The Morgan fingerprint density at radius 3 is 2.64 bits per heavy atom. The van der Waals surface area contributed by atoms with Crippen molar-refractivity contribution < 1.29 is 14.0 Å². The number of rotatable bonds is 7. The number of amides is 2. The van der Waals surface area contributed by atoms with Crippen LogP contribution in [0.1, 0.15) is 17.0 Å². The summed E-state index contributed by atoms with van der Waals surface area (Å²) in [5, 5.41) is 3.54. The van der Waals surface area contributed by atoms with Crippen molar-refractivity contribution in [2.75, 3.05) is 43.1 Å². The molecule has 0 saturated carbocycles. The molecule has 1 N–H and O–H groups in total. The van der Waals surface area contributed by atoms with Crippen LogP contribution in [0.2, 0.25) is 5.02 Å². The van der Waals surface area contributed by atoms with E-state index in [1.807, 2.05) is 35.4 Å². The van der Waals surface area contributed by atoms with Gasteiger partial charge in [-0.3, -0.25) is 9.59 Å². The van der Waals surface area contributed by atoms with E-state index in [1.165, 1.54) is 6.26 Å². The van der Waals surface area contributed by atoms with Gasteiger partial charge in [-0.25, -0.2) is 0 Å². The van der Waals surface area contributed by atoms with Gasteiger partial charge in [0.25, 0.3) is 5.91 Å². The Kier molecular flexibility index (Phi) is 7.28. The Balaban J connectivity index is 1.60. The van der Waals surface area contributed by atoms with E-state index in [9.17, 15) is 9.59 Å². The fourth-order valence-electron chi connectivity index (χ4n) is 3.21. The van der Waals surface area contributed by atoms with Gasteiger partial charge in [0.2, 0.25) is 5.91 Å². The van der Waals surface area contributed by atoms with E-state index in [0.717, 1.165) is 24.5 Å². The van der Waals surface area contributed by atoms with Crippen molar-refractivity contribution in [3.63, 3.8) is 0 Å². The number of nitrogens with zero attached hydrogens (tertiary/aromatic N) is 2. The number of furan rings is 1. The third-order valence-electron chi connectivity index (χ3n) is 4.72. The standard InChI is InChI=1S/C20H24ClN3O3S/c1-28-13-7-17(22-19(25)18-6-3-12-27-18)20(26)24-10-8-23(9-11-24)16-5-2-4-15(21)14-16/h2-6,12,14,17H,7-11,13H2,1H3,(H,22,25). The Morgan fingerprint density at radius 2 is 2.00 bits per heavy atom. The molecule has 28 heavy (non-hydrogen) atoms. The summed E-state index contributed by atoms with van der Waals surface area (Å²) in [7, 11) is 0. The Hall–Kier alpha value is -2.12. The molecule has 1 aliphatic heterocycles. The molecule has 2 amide bonds. The number of benzene rings is 1. The average molecular weight is 422 g/mol. The normalized spacial score (nSPS) is 15.4. The van der Waals surface area contributed by atoms with Gasteiger partial charge in [-0.1, -0.05) is 17.7 Å². The van der Waals surface area contributed by atoms with Gasteiger partial charge in [-0.2, -0.15) is 11.8 Å². The van der Waals surface area contributed by atoms with Crippen molar-refractivity contribution >= 4 is 40.9 Å². The number of hydrogen-bond donors (Lipinski definition) is 1. The van der Waals surface area contributed by atoms with Crippen LogP contribution in [-0.4, -0.2) is 60.9 Å². The van der Waals surface area contributed by atoms with Gasteiger partial charge in [0, 0.05) is 36.9 Å². The minimum absolute atomic E-state index is 0.0419. The van der Waals surface area contributed by atoms with E-state index in [4.69, 9.17) is 16.0 Å². The van der Waals surface area contributed by atoms with Gasteiger partial charge >= 0.3 is 0 Å². The highest BCUT2D eigenvalue weighted by molar-refractivity contribution is 7.98. The predicted molar refractivity (Wildman–Crippen MR) is 113 cm³/mol. The lowest BCUT2D eigenvalue weighted by Gasteiger charge is -2.37. The molecule has 1 fully saturated rings. The zero-order valence-electron chi connectivity index (χ0n) is 15.8. The number of hydrogen-bond acceptors (Lipinski definition) is 5. The predicted octanol–water partition coefficient (Wildman–Crippen LogP) is 3.13. The van der Waals surface area contributed by atoms with Crippen molar-refractivity contribution in [3.8, 4) is 0 Å². The molecule has 1 saturated heterocycles. The third-order valence-corrected chi connectivity index (χ3v) is 5.60. The molecule has 2 aromatic rings. The number of anilines is 1. The molecule has 1 unspecified atom stereocenters. The smallest absolute Gasteiger partial charge is 0.287 e. The zero-order valence-corrected chi connectivity index (χ0v) is 17.3. The summed E-state index contributed by atoms with van der Waals surface area (Å²) in [6, 6.07) is 10.4. The van der Waals surface area contributed by atoms with Crippen molar-refractivity contribution in [3.05, 3.63) is 53.4 Å². The van der Waals surface area contributed by atoms with Crippen molar-refractivity contribution in [2.45, 2.75) is 12.5 Å². The number of halogens is 1. The lowest BCUT2D eigenvalue weighted by molar-refractivity contribution is -0.133. The summed E-state index contributed by atoms with van der Waals surface area (Å²) in [4.78, 5) is 29.4. The van der Waals surface area contributed by atoms with E-state index in [-0.39, 0.29) is 17.6 Å². The van der Waals surface area contributed by atoms with Crippen LogP contribution in [0, 0.1) is 0 Å². The molecule has 1 aromatic carbocycles. The third kappa shape index (κ3) is 5.23. The minimum atomic E-state index is -0.553. The molecule has 1 aromatic heterocycles. The van der Waals surface area contributed by atoms with Gasteiger partial charge in [0.15, 0.2) is 5.76 Å². The lowest BCUT2D eigenvalue weighted by Crippen LogP contribution is -2.55. The number of carbonyl (C=O) groups is 2. The van der Waals surface area contributed by atoms with E-state index in [2.05, 4.69) is 10.2 Å². The van der Waals surface area contributed by atoms with Crippen LogP contribution in [0.15, 0.2) is 47.1 Å². The molecule has 8 heteroatoms. The molecule has 3 rings (SSSR count). The maximum atomic E-state index is 13.0. The number of piperazine rings is 1. The topological polar surface area (TPSA) is 65.8 Å². The largest absolute Gasteiger partial charge is 0.459 e. The van der Waals surface area contributed by atoms with E-state index in [1.54, 1.807) is 23.9 Å². The first-order valence-electron chi connectivity index (χ1n) is 9.21. The molecule has 0 aliphatic carbocycles. The van der Waals surface area contributed by atoms with E-state index in [0.29, 0.717) is 24.5 Å². The second-order valence-electron chi connectivity index (χ2n) is 6.58. The summed E-state index contributed by atoms with van der Waals surface area (Å²) < 4.78 is 5.14. The molecule has 0 radical (unpaired) electrons. The van der Waals surface area contributed by atoms with Gasteiger partial charge in [0.05, 0.1) is 6.26 Å². The SMILES string of the molecule is CSCCC(NC(=O)c1ccco1)C(=O)N1CCN(c2cccc(Cl)c2)CC1. The van der Waals surface area contributed by atoms with Crippen LogP contribution < -0.4 is 10.2 Å². The minimum Gasteiger partial charge on any atom is -0.459 e. The molecule has 6 nitrogen and oxygen atoms in total. The fraction of sp³-hybridized carbons (Fsp3) is 0.400. The molecular weight excluding hydrogens is 398 g/mol. The summed E-state index contributed by atoms with van der Waals surface area (Å²) in [5.41, 5.74) is 1.06. The van der Waals surface area contributed by atoms with E-state index < -0.39 is 6.04 Å². The zero-order chi connectivity index (χ0) is 19.9. The van der Waals surface area contributed by atoms with Crippen LogP contribution in [-0.2, 0) is 4.79 Å². The fourth-order valence-corrected chi connectivity index (χ4v) is 3.86. The Labute approximate surface area is 174 Å². The van der Waals surface area contributed by atoms with Crippen LogP contribution in [0.5, 0.6) is 0 Å². The highest BCUT2D eigenvalue weighted by Crippen LogP contribution is 2.21. The summed E-state index contributed by atoms with van der Waals surface area (Å²) in [5.74, 6) is 0.603. The molecule has 150 valence electrons. The van der Waals surface area contributed by atoms with Gasteiger partial charge in [0.1, 0.15) is 6.04 Å². The Bertz CT molecular complexity index is 792. The first kappa shape index (κ1) is 20.6. The van der Waals surface area contributed by atoms with Crippen LogP contribution in [0.4, 0.5) is 5.69 Å². The van der Waals surface area contributed by atoms with Crippen LogP contribution in [0.25, 0.3) is 0 Å². The quantitative estimate of drug-likeness (QED) is 0.744. The molecule has 1 atom stereocenters. The van der Waals surface area contributed by atoms with Crippen LogP contribution >= 0.6 is 23.4 Å². The molecule has 0 spiro atoms. The highest BCUT2D eigenvalue weighted by Gasteiger charge is 2.29. The number of carbonyl (C=O) groups excluding carboxylic acids is 2. The number of nitrogens with one attached hydrogen (secondary N) is 1. The number of thioether (sulfide) groups is 1. The maximum Gasteiger partial charge on any atom is 0.287 e. The summed E-state index contributed by atoms with van der Waals surface area (Å²) >= 11 is 7.73. The van der Waals surface area contributed by atoms with Crippen molar-refractivity contribution in [1.29, 1.82) is 0 Å². The second-order valence-corrected chi connectivity index (χ2v) is 8.00. The lowest BCUT2D eigenvalue weighted by atomic mass is 10.1. The van der Waals surface area contributed by atoms with Crippen LogP contribution in [0.3, 0.4) is 0 Å². The van der Waals surface area contributed by atoms with Gasteiger partial charge in [-0.05, 0) is 48.8 Å². The molecular formula is C20H24ClN3O3S. The van der Waals surface area contributed by atoms with Gasteiger partial charge in [-0.15, -0.1) is 0 Å². The van der Waals surface area contributed by atoms with Crippen molar-refractivity contribution in [1.82, 2.24) is 10.2 Å². The summed E-state index contributed by atoms with van der Waals surface area (Å²) in [6.45, 7) is 2.68. The van der Waals surface area contributed by atoms with Crippen molar-refractivity contribution in [2.24, 2.45) is 0 Å². The average Bonchev–Trinajstić information content (AvgIpc) is 3.25. The summed E-state index contributed by atoms with van der Waals surface area (Å²) in [6.07, 6.45) is 4.02. The van der Waals surface area contributed by atoms with E-state index >= 15 is 0 Å².